The molecular formula is C23H29N3O3. The van der Waals surface area contributed by atoms with Gasteiger partial charge < -0.3 is 14.4 Å². The van der Waals surface area contributed by atoms with Gasteiger partial charge in [0.2, 0.25) is 0 Å². The molecule has 0 aromatic heterocycles. The van der Waals surface area contributed by atoms with Crippen molar-refractivity contribution in [2.75, 3.05) is 26.3 Å². The average Bonchev–Trinajstić information content (AvgIpc) is 3.36. The van der Waals surface area contributed by atoms with E-state index in [0.29, 0.717) is 44.0 Å². The Hall–Kier alpha value is -1.94. The van der Waals surface area contributed by atoms with Crippen LogP contribution in [0.25, 0.3) is 0 Å². The lowest BCUT2D eigenvalue weighted by atomic mass is 9.84. The van der Waals surface area contributed by atoms with Gasteiger partial charge in [-0.2, -0.15) is 5.26 Å². The number of morpholine rings is 1. The number of carbonyl (C=O) groups is 1. The van der Waals surface area contributed by atoms with Crippen LogP contribution < -0.4 is 0 Å². The molecule has 4 heterocycles. The molecule has 4 aliphatic rings. The van der Waals surface area contributed by atoms with E-state index in [9.17, 15) is 4.79 Å². The summed E-state index contributed by atoms with van der Waals surface area (Å²) in [6.45, 7) is 3.66. The molecule has 6 nitrogen and oxygen atoms in total. The molecule has 29 heavy (non-hydrogen) atoms. The van der Waals surface area contributed by atoms with Crippen molar-refractivity contribution in [3.8, 4) is 6.07 Å². The van der Waals surface area contributed by atoms with E-state index in [0.717, 1.165) is 32.2 Å². The average molecular weight is 396 g/mol. The Labute approximate surface area is 172 Å². The SMILES string of the molecule is N#Cc1ccc(CN2[C@@H]3CC[C@H]2CC2(C3)CN(C(=O)[C@@H]3CCCO3)CCO2)cc1. The Bertz CT molecular complexity index is 783. The van der Waals surface area contributed by atoms with Gasteiger partial charge in [0.05, 0.1) is 23.8 Å². The fourth-order valence-electron chi connectivity index (χ4n) is 5.81. The minimum atomic E-state index is -0.238. The van der Waals surface area contributed by atoms with Crippen LogP contribution in [0.5, 0.6) is 0 Å². The normalized spacial score (nSPS) is 34.4. The van der Waals surface area contributed by atoms with Gasteiger partial charge in [-0.15, -0.1) is 0 Å². The molecule has 1 unspecified atom stereocenters. The van der Waals surface area contributed by atoms with E-state index >= 15 is 0 Å². The molecule has 1 aromatic carbocycles. The smallest absolute Gasteiger partial charge is 0.251 e. The fraction of sp³-hybridized carbons (Fsp3) is 0.652. The number of fused-ring (bicyclic) bond motifs is 2. The molecule has 0 saturated carbocycles. The van der Waals surface area contributed by atoms with E-state index in [-0.39, 0.29) is 17.6 Å². The molecule has 4 saturated heterocycles. The number of hydrogen-bond donors (Lipinski definition) is 0. The van der Waals surface area contributed by atoms with E-state index in [1.54, 1.807) is 0 Å². The first-order valence-electron chi connectivity index (χ1n) is 10.9. The van der Waals surface area contributed by atoms with Crippen LogP contribution in [0.2, 0.25) is 0 Å². The number of nitriles is 1. The number of benzene rings is 1. The predicted molar refractivity (Wildman–Crippen MR) is 107 cm³/mol. The van der Waals surface area contributed by atoms with E-state index in [1.165, 1.54) is 18.4 Å². The maximum atomic E-state index is 12.9. The van der Waals surface area contributed by atoms with Crippen molar-refractivity contribution >= 4 is 5.91 Å². The quantitative estimate of drug-likeness (QED) is 0.787. The number of nitrogens with zero attached hydrogens (tertiary/aromatic N) is 3. The van der Waals surface area contributed by atoms with Gasteiger partial charge in [0.15, 0.2) is 0 Å². The first-order valence-corrected chi connectivity index (χ1v) is 10.9. The topological polar surface area (TPSA) is 65.8 Å². The van der Waals surface area contributed by atoms with E-state index < -0.39 is 0 Å². The molecule has 4 aliphatic heterocycles. The summed E-state index contributed by atoms with van der Waals surface area (Å²) in [5, 5.41) is 9.00. The molecule has 4 atom stereocenters. The number of amides is 1. The maximum Gasteiger partial charge on any atom is 0.251 e. The molecule has 2 bridgehead atoms. The van der Waals surface area contributed by atoms with Gasteiger partial charge in [-0.05, 0) is 56.2 Å². The summed E-state index contributed by atoms with van der Waals surface area (Å²) >= 11 is 0. The van der Waals surface area contributed by atoms with Gasteiger partial charge in [0.1, 0.15) is 6.10 Å². The highest BCUT2D eigenvalue weighted by atomic mass is 16.5. The summed E-state index contributed by atoms with van der Waals surface area (Å²) in [5.41, 5.74) is 1.78. The molecule has 0 radical (unpaired) electrons. The summed E-state index contributed by atoms with van der Waals surface area (Å²) in [7, 11) is 0. The van der Waals surface area contributed by atoms with Crippen molar-refractivity contribution in [1.29, 1.82) is 5.26 Å². The van der Waals surface area contributed by atoms with Crippen LogP contribution in [0.3, 0.4) is 0 Å². The first kappa shape index (κ1) is 19.0. The number of hydrogen-bond acceptors (Lipinski definition) is 5. The standard InChI is InChI=1S/C23H29N3O3/c24-14-17-3-5-18(6-4-17)15-26-19-7-8-20(26)13-23(12-19)16-25(9-11-29-23)22(27)21-2-1-10-28-21/h3-6,19-21H,1-2,7-13,15-16H2/t19-,20+,21-,23?/m0/s1. The van der Waals surface area contributed by atoms with Crippen molar-refractivity contribution in [2.45, 2.75) is 68.9 Å². The van der Waals surface area contributed by atoms with Gasteiger partial charge >= 0.3 is 0 Å². The van der Waals surface area contributed by atoms with Crippen LogP contribution in [0, 0.1) is 11.3 Å². The maximum absolute atomic E-state index is 12.9. The molecule has 6 heteroatoms. The Morgan fingerprint density at radius 3 is 2.55 bits per heavy atom. The van der Waals surface area contributed by atoms with Crippen LogP contribution in [0.1, 0.15) is 49.7 Å². The lowest BCUT2D eigenvalue weighted by Gasteiger charge is -2.50. The first-order chi connectivity index (χ1) is 14.2. The second-order valence-corrected chi connectivity index (χ2v) is 9.07. The molecular weight excluding hydrogens is 366 g/mol. The van der Waals surface area contributed by atoms with Crippen molar-refractivity contribution in [1.82, 2.24) is 9.80 Å². The molecule has 0 N–H and O–H groups in total. The lowest BCUT2D eigenvalue weighted by molar-refractivity contribution is -0.172. The minimum Gasteiger partial charge on any atom is -0.371 e. The van der Waals surface area contributed by atoms with Crippen LogP contribution in [-0.4, -0.2) is 65.8 Å². The van der Waals surface area contributed by atoms with Crippen LogP contribution in [-0.2, 0) is 20.8 Å². The highest BCUT2D eigenvalue weighted by Gasteiger charge is 2.51. The summed E-state index contributed by atoms with van der Waals surface area (Å²) in [5.74, 6) is 0.164. The number of ether oxygens (including phenoxy) is 2. The third-order valence-corrected chi connectivity index (χ3v) is 7.20. The monoisotopic (exact) mass is 395 g/mol. The molecule has 0 aliphatic carbocycles. The largest absolute Gasteiger partial charge is 0.371 e. The number of piperidine rings is 1. The summed E-state index contributed by atoms with van der Waals surface area (Å²) in [6.07, 6.45) is 5.99. The third-order valence-electron chi connectivity index (χ3n) is 7.20. The third kappa shape index (κ3) is 3.68. The van der Waals surface area contributed by atoms with Crippen LogP contribution >= 0.6 is 0 Å². The fourth-order valence-corrected chi connectivity index (χ4v) is 5.81. The van der Waals surface area contributed by atoms with E-state index in [2.05, 4.69) is 23.1 Å². The lowest BCUT2D eigenvalue weighted by Crippen LogP contribution is -2.61. The summed E-state index contributed by atoms with van der Waals surface area (Å²) in [6, 6.07) is 11.1. The van der Waals surface area contributed by atoms with E-state index in [1.807, 2.05) is 17.0 Å². The zero-order chi connectivity index (χ0) is 19.8. The van der Waals surface area contributed by atoms with Crippen molar-refractivity contribution in [2.24, 2.45) is 0 Å². The summed E-state index contributed by atoms with van der Waals surface area (Å²) in [4.78, 5) is 17.5. The zero-order valence-corrected chi connectivity index (χ0v) is 16.9. The highest BCUT2D eigenvalue weighted by molar-refractivity contribution is 5.81. The minimum absolute atomic E-state index is 0.164. The molecule has 4 fully saturated rings. The molecule has 1 aromatic rings. The Morgan fingerprint density at radius 2 is 1.90 bits per heavy atom. The number of rotatable bonds is 3. The second kappa shape index (κ2) is 7.71. The predicted octanol–water partition coefficient (Wildman–Crippen LogP) is 2.46. The van der Waals surface area contributed by atoms with Gasteiger partial charge in [-0.1, -0.05) is 12.1 Å². The highest BCUT2D eigenvalue weighted by Crippen LogP contribution is 2.44. The van der Waals surface area contributed by atoms with Gasteiger partial charge in [-0.3, -0.25) is 9.69 Å². The van der Waals surface area contributed by atoms with Crippen LogP contribution in [0.4, 0.5) is 0 Å². The van der Waals surface area contributed by atoms with Crippen molar-refractivity contribution < 1.29 is 14.3 Å². The molecule has 5 rings (SSSR count). The van der Waals surface area contributed by atoms with Gasteiger partial charge in [0, 0.05) is 38.3 Å². The Balaban J connectivity index is 1.26. The second-order valence-electron chi connectivity index (χ2n) is 9.07. The molecule has 154 valence electrons. The number of carbonyl (C=O) groups excluding carboxylic acids is 1. The van der Waals surface area contributed by atoms with Crippen LogP contribution in [0.15, 0.2) is 24.3 Å². The van der Waals surface area contributed by atoms with Gasteiger partial charge in [-0.25, -0.2) is 0 Å². The van der Waals surface area contributed by atoms with Crippen molar-refractivity contribution in [3.05, 3.63) is 35.4 Å². The molecule has 1 amide bonds. The van der Waals surface area contributed by atoms with Gasteiger partial charge in [0.25, 0.3) is 5.91 Å². The molecule has 1 spiro atoms. The Morgan fingerprint density at radius 1 is 1.14 bits per heavy atom. The van der Waals surface area contributed by atoms with Crippen molar-refractivity contribution in [3.63, 3.8) is 0 Å². The van der Waals surface area contributed by atoms with E-state index in [4.69, 9.17) is 14.7 Å². The summed E-state index contributed by atoms with van der Waals surface area (Å²) < 4.78 is 12.0. The zero-order valence-electron chi connectivity index (χ0n) is 16.9. The Kier molecular flexibility index (Phi) is 5.07.